The van der Waals surface area contributed by atoms with E-state index < -0.39 is 0 Å². The second-order valence-corrected chi connectivity index (χ2v) is 17.6. The molecule has 0 aliphatic carbocycles. The van der Waals surface area contributed by atoms with Crippen LogP contribution in [-0.4, -0.2) is 0 Å². The van der Waals surface area contributed by atoms with Gasteiger partial charge in [0.1, 0.15) is 0 Å². The van der Waals surface area contributed by atoms with Gasteiger partial charge in [-0.05, 0) is 130 Å². The Balaban J connectivity index is 1.00. The molecule has 0 saturated carbocycles. The van der Waals surface area contributed by atoms with E-state index >= 15 is 0 Å². The van der Waals surface area contributed by atoms with E-state index in [0.29, 0.717) is 0 Å². The van der Waals surface area contributed by atoms with Gasteiger partial charge in [-0.15, -0.1) is 0 Å². The third kappa shape index (κ3) is 7.86. The zero-order chi connectivity index (χ0) is 45.9. The zero-order valence-corrected chi connectivity index (χ0v) is 38.1. The van der Waals surface area contributed by atoms with E-state index in [4.69, 9.17) is 0 Å². The predicted octanol–water partition coefficient (Wildman–Crippen LogP) is 19.1. The summed E-state index contributed by atoms with van der Waals surface area (Å²) in [6, 6.07) is 104. The van der Waals surface area contributed by atoms with Crippen molar-refractivity contribution < 1.29 is 0 Å². The van der Waals surface area contributed by atoms with E-state index in [2.05, 4.69) is 290 Å². The maximum Gasteiger partial charge on any atom is 0.0540 e. The molecular weight excluding hydrogens is 831 g/mol. The van der Waals surface area contributed by atoms with Gasteiger partial charge in [0, 0.05) is 16.9 Å². The Morgan fingerprint density at radius 2 is 0.609 bits per heavy atom. The van der Waals surface area contributed by atoms with Crippen molar-refractivity contribution in [1.82, 2.24) is 0 Å². The number of para-hydroxylation sites is 1. The van der Waals surface area contributed by atoms with Gasteiger partial charge in [0.2, 0.25) is 0 Å². The van der Waals surface area contributed by atoms with Crippen molar-refractivity contribution in [3.8, 4) is 77.9 Å². The zero-order valence-electron chi connectivity index (χ0n) is 38.1. The number of hydrogen-bond acceptors (Lipinski definition) is 1. The first kappa shape index (κ1) is 41.4. The number of benzene rings is 12. The van der Waals surface area contributed by atoms with Crippen molar-refractivity contribution in [2.45, 2.75) is 0 Å². The molecule has 0 aliphatic heterocycles. The summed E-state index contributed by atoms with van der Waals surface area (Å²) in [5.74, 6) is 0. The molecule has 1 nitrogen and oxygen atoms in total. The quantitative estimate of drug-likeness (QED) is 0.124. The summed E-state index contributed by atoms with van der Waals surface area (Å²) in [6.07, 6.45) is 0. The van der Waals surface area contributed by atoms with Gasteiger partial charge < -0.3 is 4.90 Å². The molecule has 0 bridgehead atoms. The first-order valence-corrected chi connectivity index (χ1v) is 23.8. The van der Waals surface area contributed by atoms with Crippen LogP contribution in [0.25, 0.3) is 99.4 Å². The van der Waals surface area contributed by atoms with Crippen LogP contribution in [-0.2, 0) is 0 Å². The molecule has 0 saturated heterocycles. The first-order chi connectivity index (χ1) is 34.3. The van der Waals surface area contributed by atoms with Gasteiger partial charge in [0.15, 0.2) is 0 Å². The summed E-state index contributed by atoms with van der Waals surface area (Å²) in [4.78, 5) is 2.41. The SMILES string of the molecule is c1ccc(-c2ccc(-c3ccc(N(c4ccc(-c5cccc6c5c(-c5ccccc5)c(-c5ccccc5)c5ccccc56)cc4)c4ccccc4-c4ccccc4)cc3)cc2-c2ccccc2)cc1. The topological polar surface area (TPSA) is 3.24 Å². The van der Waals surface area contributed by atoms with Crippen molar-refractivity contribution in [2.75, 3.05) is 4.90 Å². The molecule has 0 N–H and O–H groups in total. The van der Waals surface area contributed by atoms with Crippen LogP contribution >= 0.6 is 0 Å². The van der Waals surface area contributed by atoms with Crippen LogP contribution in [0.5, 0.6) is 0 Å². The summed E-state index contributed by atoms with van der Waals surface area (Å²) in [7, 11) is 0. The minimum absolute atomic E-state index is 1.08. The van der Waals surface area contributed by atoms with Crippen molar-refractivity contribution in [3.05, 3.63) is 285 Å². The lowest BCUT2D eigenvalue weighted by Crippen LogP contribution is -2.11. The minimum Gasteiger partial charge on any atom is -0.310 e. The summed E-state index contributed by atoms with van der Waals surface area (Å²) < 4.78 is 0. The highest BCUT2D eigenvalue weighted by Crippen LogP contribution is 2.49. The Morgan fingerprint density at radius 1 is 0.203 bits per heavy atom. The maximum atomic E-state index is 2.41. The Labute approximate surface area is 404 Å². The molecule has 0 unspecified atom stereocenters. The Hall–Kier alpha value is -9.04. The lowest BCUT2D eigenvalue weighted by atomic mass is 9.82. The van der Waals surface area contributed by atoms with Gasteiger partial charge in [-0.2, -0.15) is 0 Å². The lowest BCUT2D eigenvalue weighted by molar-refractivity contribution is 1.28. The number of hydrogen-bond donors (Lipinski definition) is 0. The predicted molar refractivity (Wildman–Crippen MR) is 294 cm³/mol. The maximum absolute atomic E-state index is 2.41. The average molecular weight is 878 g/mol. The second-order valence-electron chi connectivity index (χ2n) is 17.6. The first-order valence-electron chi connectivity index (χ1n) is 23.8. The van der Waals surface area contributed by atoms with Gasteiger partial charge >= 0.3 is 0 Å². The fourth-order valence-electron chi connectivity index (χ4n) is 10.3. The highest BCUT2D eigenvalue weighted by molar-refractivity contribution is 6.25. The van der Waals surface area contributed by atoms with E-state index in [1.807, 2.05) is 0 Å². The molecule has 324 valence electrons. The summed E-state index contributed by atoms with van der Waals surface area (Å²) >= 11 is 0. The summed E-state index contributed by atoms with van der Waals surface area (Å²) in [6.45, 7) is 0. The van der Waals surface area contributed by atoms with E-state index in [1.54, 1.807) is 0 Å². The van der Waals surface area contributed by atoms with Crippen molar-refractivity contribution in [1.29, 1.82) is 0 Å². The molecule has 0 heterocycles. The van der Waals surface area contributed by atoms with Crippen molar-refractivity contribution in [2.24, 2.45) is 0 Å². The van der Waals surface area contributed by atoms with Crippen molar-refractivity contribution >= 4 is 38.6 Å². The molecule has 0 radical (unpaired) electrons. The van der Waals surface area contributed by atoms with Crippen molar-refractivity contribution in [3.63, 3.8) is 0 Å². The fraction of sp³-hybridized carbons (Fsp3) is 0. The molecule has 0 aliphatic rings. The van der Waals surface area contributed by atoms with Crippen LogP contribution in [0.15, 0.2) is 285 Å². The Bertz CT molecular complexity index is 3720. The molecule has 12 rings (SSSR count). The molecule has 1 heteroatoms. The molecule has 69 heavy (non-hydrogen) atoms. The number of rotatable bonds is 10. The largest absolute Gasteiger partial charge is 0.310 e. The van der Waals surface area contributed by atoms with Crippen LogP contribution in [0.3, 0.4) is 0 Å². The molecule has 12 aromatic carbocycles. The number of anilines is 3. The van der Waals surface area contributed by atoms with Crippen LogP contribution in [0.2, 0.25) is 0 Å². The molecule has 0 fully saturated rings. The summed E-state index contributed by atoms with van der Waals surface area (Å²) in [5, 5.41) is 5.00. The number of nitrogens with zero attached hydrogens (tertiary/aromatic N) is 1. The van der Waals surface area contributed by atoms with E-state index in [-0.39, 0.29) is 0 Å². The van der Waals surface area contributed by atoms with Gasteiger partial charge in [0.25, 0.3) is 0 Å². The summed E-state index contributed by atoms with van der Waals surface area (Å²) in [5.41, 5.74) is 20.1. The van der Waals surface area contributed by atoms with Crippen LogP contribution in [0, 0.1) is 0 Å². The average Bonchev–Trinajstić information content (AvgIpc) is 3.44. The molecule has 12 aromatic rings. The fourth-order valence-corrected chi connectivity index (χ4v) is 10.3. The lowest BCUT2D eigenvalue weighted by Gasteiger charge is -2.28. The minimum atomic E-state index is 1.08. The highest BCUT2D eigenvalue weighted by Gasteiger charge is 2.22. The Kier molecular flexibility index (Phi) is 11.0. The molecule has 0 aromatic heterocycles. The van der Waals surface area contributed by atoms with Crippen LogP contribution < -0.4 is 4.90 Å². The second kappa shape index (κ2) is 18.3. The van der Waals surface area contributed by atoms with Gasteiger partial charge in [-0.3, -0.25) is 0 Å². The third-order valence-electron chi connectivity index (χ3n) is 13.5. The molecule has 0 spiro atoms. The highest BCUT2D eigenvalue weighted by atomic mass is 15.1. The monoisotopic (exact) mass is 877 g/mol. The van der Waals surface area contributed by atoms with E-state index in [1.165, 1.54) is 82.7 Å². The van der Waals surface area contributed by atoms with Gasteiger partial charge in [0.05, 0.1) is 5.69 Å². The van der Waals surface area contributed by atoms with E-state index in [9.17, 15) is 0 Å². The molecular formula is C68H47N. The van der Waals surface area contributed by atoms with Gasteiger partial charge in [-0.25, -0.2) is 0 Å². The standard InChI is InChI=1S/C68H47N/c1-6-21-49(22-7-1)58-46-41-55(47-64(58)51-25-10-3-11-26-51)48-37-42-56(43-38-48)69(65-36-19-18-31-59(65)50-23-8-2-9-24-50)57-44-39-52(40-45-57)60-34-20-35-63-61-32-16-17-33-62(61)66(53-27-12-4-13-28-53)67(68(60)63)54-29-14-5-15-30-54/h1-47H. The molecule has 0 amide bonds. The molecule has 0 atom stereocenters. The van der Waals surface area contributed by atoms with Gasteiger partial charge in [-0.1, -0.05) is 249 Å². The number of fused-ring (bicyclic) bond motifs is 3. The third-order valence-corrected chi connectivity index (χ3v) is 13.5. The smallest absolute Gasteiger partial charge is 0.0540 e. The van der Waals surface area contributed by atoms with E-state index in [0.717, 1.165) is 33.8 Å². The van der Waals surface area contributed by atoms with Crippen LogP contribution in [0.1, 0.15) is 0 Å². The normalized spacial score (nSPS) is 11.2. The Morgan fingerprint density at radius 3 is 1.20 bits per heavy atom. The van der Waals surface area contributed by atoms with Crippen LogP contribution in [0.4, 0.5) is 17.1 Å².